The maximum Gasteiger partial charge on any atom is 0.212 e. The second-order valence-corrected chi connectivity index (χ2v) is 7.54. The summed E-state index contributed by atoms with van der Waals surface area (Å²) in [5.74, 6) is 1.49. The lowest BCUT2D eigenvalue weighted by molar-refractivity contribution is 0.338. The molecule has 0 saturated heterocycles. The van der Waals surface area contributed by atoms with Gasteiger partial charge in [0.15, 0.2) is 0 Å². The Bertz CT molecular complexity index is 755. The first-order chi connectivity index (χ1) is 11.3. The normalized spacial score (nSPS) is 12.9. The van der Waals surface area contributed by atoms with Crippen LogP contribution >= 0.6 is 0 Å². The maximum atomic E-state index is 12.3. The van der Waals surface area contributed by atoms with Gasteiger partial charge in [-0.1, -0.05) is 24.3 Å². The van der Waals surface area contributed by atoms with Gasteiger partial charge in [0.2, 0.25) is 10.0 Å². The molecule has 2 aromatic carbocycles. The third-order valence-corrected chi connectivity index (χ3v) is 5.25. The van der Waals surface area contributed by atoms with Gasteiger partial charge in [-0.05, 0) is 42.3 Å². The van der Waals surface area contributed by atoms with Crippen molar-refractivity contribution in [3.05, 3.63) is 59.7 Å². The van der Waals surface area contributed by atoms with Crippen LogP contribution in [-0.2, 0) is 16.6 Å². The molecule has 0 N–H and O–H groups in total. The first kappa shape index (κ1) is 18.3. The van der Waals surface area contributed by atoms with E-state index in [1.54, 1.807) is 14.2 Å². The van der Waals surface area contributed by atoms with Crippen LogP contribution in [0.25, 0.3) is 0 Å². The molecule has 24 heavy (non-hydrogen) atoms. The summed E-state index contributed by atoms with van der Waals surface area (Å²) in [6.45, 7) is 2.18. The van der Waals surface area contributed by atoms with E-state index < -0.39 is 10.0 Å². The summed E-state index contributed by atoms with van der Waals surface area (Å²) in [5.41, 5.74) is 1.82. The third kappa shape index (κ3) is 4.49. The molecule has 5 nitrogen and oxygen atoms in total. The number of sulfonamides is 1. The molecule has 0 radical (unpaired) electrons. The van der Waals surface area contributed by atoms with Crippen LogP contribution in [-0.4, -0.2) is 33.2 Å². The monoisotopic (exact) mass is 349 g/mol. The molecule has 0 aliphatic rings. The minimum atomic E-state index is -3.37. The molecular formula is C18H23NO4S. The standard InChI is InChI=1S/C18H23NO4S/c1-14(16-7-11-18(23-3)12-8-16)19(24(4,20)21)13-15-5-9-17(22-2)10-6-15/h5-12,14H,13H2,1-4H3/t14-/m0/s1. The van der Waals surface area contributed by atoms with Crippen molar-refractivity contribution < 1.29 is 17.9 Å². The van der Waals surface area contributed by atoms with Gasteiger partial charge in [-0.2, -0.15) is 4.31 Å². The molecule has 2 rings (SSSR count). The first-order valence-electron chi connectivity index (χ1n) is 7.59. The summed E-state index contributed by atoms with van der Waals surface area (Å²) in [7, 11) is -0.168. The van der Waals surface area contributed by atoms with Crippen molar-refractivity contribution in [3.8, 4) is 11.5 Å². The third-order valence-electron chi connectivity index (χ3n) is 3.95. The summed E-state index contributed by atoms with van der Waals surface area (Å²) in [6.07, 6.45) is 1.23. The Hall–Kier alpha value is -2.05. The van der Waals surface area contributed by atoms with Crippen LogP contribution in [0, 0.1) is 0 Å². The molecule has 6 heteroatoms. The van der Waals surface area contributed by atoms with Crippen molar-refractivity contribution in [2.75, 3.05) is 20.5 Å². The van der Waals surface area contributed by atoms with Crippen LogP contribution in [0.1, 0.15) is 24.1 Å². The molecule has 2 aromatic rings. The van der Waals surface area contributed by atoms with Crippen LogP contribution in [0.2, 0.25) is 0 Å². The van der Waals surface area contributed by atoms with E-state index in [0.29, 0.717) is 6.54 Å². The summed E-state index contributed by atoms with van der Waals surface area (Å²) >= 11 is 0. The number of methoxy groups -OCH3 is 2. The zero-order valence-corrected chi connectivity index (χ0v) is 15.2. The second-order valence-electron chi connectivity index (χ2n) is 5.61. The fraction of sp³-hybridized carbons (Fsp3) is 0.333. The van der Waals surface area contributed by atoms with Gasteiger partial charge in [0.1, 0.15) is 11.5 Å². The topological polar surface area (TPSA) is 55.8 Å². The van der Waals surface area contributed by atoms with Gasteiger partial charge in [0.05, 0.1) is 20.5 Å². The van der Waals surface area contributed by atoms with Crippen LogP contribution in [0.4, 0.5) is 0 Å². The van der Waals surface area contributed by atoms with Gasteiger partial charge in [-0.3, -0.25) is 0 Å². The lowest BCUT2D eigenvalue weighted by Crippen LogP contribution is -2.32. The Kier molecular flexibility index (Phi) is 5.85. The highest BCUT2D eigenvalue weighted by atomic mass is 32.2. The van der Waals surface area contributed by atoms with Gasteiger partial charge in [0, 0.05) is 12.6 Å². The Morgan fingerprint density at radius 2 is 1.38 bits per heavy atom. The zero-order valence-electron chi connectivity index (χ0n) is 14.4. The highest BCUT2D eigenvalue weighted by molar-refractivity contribution is 7.88. The zero-order chi connectivity index (χ0) is 17.7. The summed E-state index contributed by atoms with van der Waals surface area (Å²) in [5, 5.41) is 0. The summed E-state index contributed by atoms with van der Waals surface area (Å²) < 4.78 is 36.3. The smallest absolute Gasteiger partial charge is 0.212 e. The van der Waals surface area contributed by atoms with Crippen molar-refractivity contribution in [2.45, 2.75) is 19.5 Å². The average molecular weight is 349 g/mol. The van der Waals surface area contributed by atoms with Crippen LogP contribution in [0.15, 0.2) is 48.5 Å². The largest absolute Gasteiger partial charge is 0.497 e. The molecule has 130 valence electrons. The molecule has 0 saturated carbocycles. The molecule has 0 unspecified atom stereocenters. The van der Waals surface area contributed by atoms with E-state index >= 15 is 0 Å². The van der Waals surface area contributed by atoms with Crippen molar-refractivity contribution >= 4 is 10.0 Å². The van der Waals surface area contributed by atoms with Crippen LogP contribution in [0.3, 0.4) is 0 Å². The van der Waals surface area contributed by atoms with E-state index in [-0.39, 0.29) is 6.04 Å². The van der Waals surface area contributed by atoms with Gasteiger partial charge in [-0.25, -0.2) is 8.42 Å². The Morgan fingerprint density at radius 1 is 0.917 bits per heavy atom. The van der Waals surface area contributed by atoms with E-state index in [4.69, 9.17) is 9.47 Å². The molecule has 0 bridgehead atoms. The predicted octanol–water partition coefficient (Wildman–Crippen LogP) is 3.23. The van der Waals surface area contributed by atoms with Gasteiger partial charge >= 0.3 is 0 Å². The molecule has 0 spiro atoms. The van der Waals surface area contributed by atoms with Crippen LogP contribution in [0.5, 0.6) is 11.5 Å². The summed E-state index contributed by atoms with van der Waals surface area (Å²) in [4.78, 5) is 0. The van der Waals surface area contributed by atoms with Crippen molar-refractivity contribution in [2.24, 2.45) is 0 Å². The molecule has 0 heterocycles. The number of nitrogens with zero attached hydrogens (tertiary/aromatic N) is 1. The van der Waals surface area contributed by atoms with Crippen molar-refractivity contribution in [1.29, 1.82) is 0 Å². The van der Waals surface area contributed by atoms with Crippen molar-refractivity contribution in [1.82, 2.24) is 4.31 Å². The Labute approximate surface area is 143 Å². The minimum Gasteiger partial charge on any atom is -0.497 e. The maximum absolute atomic E-state index is 12.3. The second kappa shape index (κ2) is 7.68. The fourth-order valence-electron chi connectivity index (χ4n) is 2.50. The average Bonchev–Trinajstić information content (AvgIpc) is 2.58. The van der Waals surface area contributed by atoms with Gasteiger partial charge in [0.25, 0.3) is 0 Å². The number of ether oxygens (including phenoxy) is 2. The molecule has 0 aromatic heterocycles. The van der Waals surface area contributed by atoms with Crippen LogP contribution < -0.4 is 9.47 Å². The summed E-state index contributed by atoms with van der Waals surface area (Å²) in [6, 6.07) is 14.6. The molecule has 0 aliphatic carbocycles. The molecule has 1 atom stereocenters. The first-order valence-corrected chi connectivity index (χ1v) is 9.43. The number of benzene rings is 2. The SMILES string of the molecule is COc1ccc(CN([C@@H](C)c2ccc(OC)cc2)S(C)(=O)=O)cc1. The predicted molar refractivity (Wildman–Crippen MR) is 94.8 cm³/mol. The van der Waals surface area contributed by atoms with E-state index in [2.05, 4.69) is 0 Å². The fourth-order valence-corrected chi connectivity index (χ4v) is 3.58. The number of hydrogen-bond donors (Lipinski definition) is 0. The molecule has 0 amide bonds. The number of hydrogen-bond acceptors (Lipinski definition) is 4. The van der Waals surface area contributed by atoms with Gasteiger partial charge in [-0.15, -0.1) is 0 Å². The Balaban J connectivity index is 2.26. The minimum absolute atomic E-state index is 0.284. The van der Waals surface area contributed by atoms with E-state index in [1.807, 2.05) is 55.5 Å². The Morgan fingerprint density at radius 3 is 1.79 bits per heavy atom. The van der Waals surface area contributed by atoms with E-state index in [0.717, 1.165) is 22.6 Å². The highest BCUT2D eigenvalue weighted by Gasteiger charge is 2.24. The van der Waals surface area contributed by atoms with E-state index in [1.165, 1.54) is 10.6 Å². The lowest BCUT2D eigenvalue weighted by Gasteiger charge is -2.27. The van der Waals surface area contributed by atoms with E-state index in [9.17, 15) is 8.42 Å². The quantitative estimate of drug-likeness (QED) is 0.770. The highest BCUT2D eigenvalue weighted by Crippen LogP contribution is 2.27. The molecule has 0 fully saturated rings. The molecular weight excluding hydrogens is 326 g/mol. The number of rotatable bonds is 7. The van der Waals surface area contributed by atoms with Gasteiger partial charge < -0.3 is 9.47 Å². The molecule has 0 aliphatic heterocycles. The lowest BCUT2D eigenvalue weighted by atomic mass is 10.1. The van der Waals surface area contributed by atoms with Crippen molar-refractivity contribution in [3.63, 3.8) is 0 Å².